The van der Waals surface area contributed by atoms with Gasteiger partial charge in [-0.05, 0) is 37.7 Å². The van der Waals surface area contributed by atoms with E-state index >= 15 is 0 Å². The van der Waals surface area contributed by atoms with Gasteiger partial charge in [0.2, 0.25) is 0 Å². The minimum absolute atomic E-state index is 0.0730. The molecule has 1 heterocycles. The average molecular weight is 416 g/mol. The van der Waals surface area contributed by atoms with Crippen LogP contribution in [-0.2, 0) is 15.0 Å². The molecule has 1 aliphatic heterocycles. The number of amides is 3. The summed E-state index contributed by atoms with van der Waals surface area (Å²) in [6.45, 7) is -0.533. The van der Waals surface area contributed by atoms with E-state index in [2.05, 4.69) is 10.6 Å². The van der Waals surface area contributed by atoms with E-state index in [1.165, 1.54) is 0 Å². The maximum atomic E-state index is 14.4. The van der Waals surface area contributed by atoms with Gasteiger partial charge in [-0.2, -0.15) is 8.42 Å². The van der Waals surface area contributed by atoms with E-state index in [0.29, 0.717) is 17.1 Å². The lowest BCUT2D eigenvalue weighted by molar-refractivity contribution is -0.117. The van der Waals surface area contributed by atoms with Crippen LogP contribution >= 0.6 is 0 Å². The third-order valence-corrected chi connectivity index (χ3v) is 6.19. The Kier molecular flexibility index (Phi) is 5.61. The van der Waals surface area contributed by atoms with Crippen LogP contribution in [0, 0.1) is 11.7 Å². The number of aliphatic hydroxyl groups is 1. The third kappa shape index (κ3) is 4.28. The van der Waals surface area contributed by atoms with E-state index in [0.717, 1.165) is 25.0 Å². The summed E-state index contributed by atoms with van der Waals surface area (Å²) >= 11 is 0. The third-order valence-electron chi connectivity index (χ3n) is 4.81. The molecule has 154 valence electrons. The van der Waals surface area contributed by atoms with Gasteiger partial charge < -0.3 is 20.8 Å². The van der Waals surface area contributed by atoms with E-state index in [-0.39, 0.29) is 24.3 Å². The molecule has 5 N–H and O–H groups in total. The fourth-order valence-electron chi connectivity index (χ4n) is 3.39. The molecule has 2 aliphatic rings. The molecule has 1 saturated carbocycles. The summed E-state index contributed by atoms with van der Waals surface area (Å²) in [5.41, 5.74) is -0.747. The maximum Gasteiger partial charge on any atom is 0.326 e. The van der Waals surface area contributed by atoms with Crippen molar-refractivity contribution in [1.82, 2.24) is 10.0 Å². The highest BCUT2D eigenvalue weighted by molar-refractivity contribution is 7.92. The van der Waals surface area contributed by atoms with Gasteiger partial charge in [-0.1, -0.05) is 0 Å². The first-order chi connectivity index (χ1) is 13.2. The highest BCUT2D eigenvalue weighted by atomic mass is 32.2. The lowest BCUT2D eigenvalue weighted by Crippen LogP contribution is -2.40. The summed E-state index contributed by atoms with van der Waals surface area (Å²) in [6, 6.07) is 1.19. The highest BCUT2D eigenvalue weighted by Gasteiger charge is 2.37. The Labute approximate surface area is 160 Å². The fourth-order valence-corrected chi connectivity index (χ4v) is 4.56. The average Bonchev–Trinajstić information content (AvgIpc) is 2.87. The summed E-state index contributed by atoms with van der Waals surface area (Å²) in [5, 5.41) is 24.3. The number of phenols is 1. The second-order valence-electron chi connectivity index (χ2n) is 6.86. The number of rotatable bonds is 4. The van der Waals surface area contributed by atoms with Gasteiger partial charge in [0.25, 0.3) is 5.91 Å². The Morgan fingerprint density at radius 3 is 2.50 bits per heavy atom. The van der Waals surface area contributed by atoms with E-state index in [1.54, 1.807) is 4.72 Å². The van der Waals surface area contributed by atoms with Crippen molar-refractivity contribution in [2.45, 2.75) is 31.7 Å². The summed E-state index contributed by atoms with van der Waals surface area (Å²) in [4.78, 5) is 23.4. The number of nitrogens with zero attached hydrogens (tertiary/aromatic N) is 1. The number of anilines is 2. The number of benzene rings is 1. The van der Waals surface area contributed by atoms with Crippen LogP contribution in [-0.4, -0.2) is 49.8 Å². The molecular weight excluding hydrogens is 395 g/mol. The predicted octanol–water partition coefficient (Wildman–Crippen LogP) is 0.385. The number of halogens is 1. The lowest BCUT2D eigenvalue weighted by atomic mass is 9.87. The Bertz CT molecular complexity index is 862. The topological polar surface area (TPSA) is 148 Å². The van der Waals surface area contributed by atoms with Crippen LogP contribution in [0.3, 0.4) is 0 Å². The molecule has 1 saturated heterocycles. The van der Waals surface area contributed by atoms with E-state index < -0.39 is 45.9 Å². The first kappa shape index (κ1) is 20.1. The molecule has 10 nitrogen and oxygen atoms in total. The molecule has 2 fully saturated rings. The van der Waals surface area contributed by atoms with Crippen LogP contribution in [0.4, 0.5) is 20.6 Å². The number of carbonyl (C=O) groups is 2. The molecule has 0 radical (unpaired) electrons. The highest BCUT2D eigenvalue weighted by Crippen LogP contribution is 2.36. The Balaban J connectivity index is 1.68. The molecule has 0 unspecified atom stereocenters. The van der Waals surface area contributed by atoms with Gasteiger partial charge in [-0.3, -0.25) is 4.79 Å². The zero-order valence-electron chi connectivity index (χ0n) is 14.8. The van der Waals surface area contributed by atoms with Crippen molar-refractivity contribution >= 4 is 33.5 Å². The van der Waals surface area contributed by atoms with Crippen LogP contribution in [0.5, 0.6) is 5.75 Å². The summed E-state index contributed by atoms with van der Waals surface area (Å²) in [6.07, 6.45) is 3.02. The minimum Gasteiger partial charge on any atom is -0.506 e. The first-order valence-corrected chi connectivity index (χ1v) is 10.2. The molecule has 3 rings (SSSR count). The van der Waals surface area contributed by atoms with Gasteiger partial charge in [0, 0.05) is 24.4 Å². The van der Waals surface area contributed by atoms with Crippen LogP contribution in [0.15, 0.2) is 12.1 Å². The van der Waals surface area contributed by atoms with Gasteiger partial charge in [-0.15, -0.1) is 0 Å². The second-order valence-corrected chi connectivity index (χ2v) is 8.46. The van der Waals surface area contributed by atoms with Crippen molar-refractivity contribution in [3.05, 3.63) is 17.9 Å². The van der Waals surface area contributed by atoms with Gasteiger partial charge in [0.15, 0.2) is 5.82 Å². The summed E-state index contributed by atoms with van der Waals surface area (Å²) in [5.74, 6) is -2.46. The molecule has 3 amide bonds. The Morgan fingerprint density at radius 2 is 1.96 bits per heavy atom. The molecule has 1 aromatic rings. The van der Waals surface area contributed by atoms with Crippen molar-refractivity contribution < 1.29 is 32.6 Å². The van der Waals surface area contributed by atoms with Crippen molar-refractivity contribution in [2.75, 3.05) is 22.8 Å². The van der Waals surface area contributed by atoms with Crippen LogP contribution < -0.4 is 19.7 Å². The molecule has 28 heavy (non-hydrogen) atoms. The molecule has 0 bridgehead atoms. The summed E-state index contributed by atoms with van der Waals surface area (Å²) in [7, 11) is -4.28. The molecule has 0 aromatic heterocycles. The quantitative estimate of drug-likeness (QED) is 0.479. The Morgan fingerprint density at radius 1 is 1.29 bits per heavy atom. The molecule has 0 atom stereocenters. The number of hydrogen-bond acceptors (Lipinski definition) is 6. The SMILES string of the molecule is O=C1CN(c2c(O)cc(NC(=O)NC3CCC(CO)CC3)cc2F)S(=O)(=O)N1. The molecular formula is C16H21FN4O6S. The first-order valence-electron chi connectivity index (χ1n) is 8.74. The molecule has 1 aliphatic carbocycles. The zero-order chi connectivity index (χ0) is 20.5. The lowest BCUT2D eigenvalue weighted by Gasteiger charge is -2.28. The number of urea groups is 1. The number of hydrogen-bond donors (Lipinski definition) is 5. The zero-order valence-corrected chi connectivity index (χ0v) is 15.6. The standard InChI is InChI=1S/C16H21FN4O6S/c17-12-5-11(19-16(25)18-10-3-1-9(8-22)2-4-10)6-13(23)15(12)21-7-14(24)20-28(21,26)27/h5-6,9-10,22-23H,1-4,7-8H2,(H,20,24)(H2,18,19,25). The van der Waals surface area contributed by atoms with Crippen molar-refractivity contribution in [3.63, 3.8) is 0 Å². The van der Waals surface area contributed by atoms with E-state index in [4.69, 9.17) is 5.11 Å². The number of aromatic hydroxyl groups is 1. The Hall–Kier alpha value is -2.60. The van der Waals surface area contributed by atoms with Crippen LogP contribution in [0.1, 0.15) is 25.7 Å². The second kappa shape index (κ2) is 7.80. The number of carbonyl (C=O) groups excluding carboxylic acids is 2. The number of phenolic OH excluding ortho intramolecular Hbond substituents is 1. The normalized spacial score (nSPS) is 23.9. The van der Waals surface area contributed by atoms with E-state index in [9.17, 15) is 27.5 Å². The van der Waals surface area contributed by atoms with Crippen molar-refractivity contribution in [3.8, 4) is 5.75 Å². The number of aliphatic hydroxyl groups excluding tert-OH is 1. The smallest absolute Gasteiger partial charge is 0.326 e. The van der Waals surface area contributed by atoms with Gasteiger partial charge in [0.05, 0.1) is 0 Å². The summed E-state index contributed by atoms with van der Waals surface area (Å²) < 4.78 is 40.2. The molecule has 0 spiro atoms. The monoisotopic (exact) mass is 416 g/mol. The van der Waals surface area contributed by atoms with Gasteiger partial charge in [-0.25, -0.2) is 18.2 Å². The fraction of sp³-hybridized carbons (Fsp3) is 0.500. The molecule has 12 heteroatoms. The predicted molar refractivity (Wildman–Crippen MR) is 97.5 cm³/mol. The van der Waals surface area contributed by atoms with Crippen molar-refractivity contribution in [1.29, 1.82) is 0 Å². The van der Waals surface area contributed by atoms with Gasteiger partial charge in [0.1, 0.15) is 18.0 Å². The maximum absolute atomic E-state index is 14.4. The van der Waals surface area contributed by atoms with Crippen LogP contribution in [0.25, 0.3) is 0 Å². The van der Waals surface area contributed by atoms with E-state index in [1.807, 2.05) is 0 Å². The largest absolute Gasteiger partial charge is 0.506 e. The van der Waals surface area contributed by atoms with Crippen LogP contribution in [0.2, 0.25) is 0 Å². The van der Waals surface area contributed by atoms with Gasteiger partial charge >= 0.3 is 16.2 Å². The molecule has 1 aromatic carbocycles. The number of nitrogens with one attached hydrogen (secondary N) is 3. The minimum atomic E-state index is -4.28. The van der Waals surface area contributed by atoms with Crippen molar-refractivity contribution in [2.24, 2.45) is 5.92 Å².